The third-order valence-corrected chi connectivity index (χ3v) is 5.50. The number of fused-ring (bicyclic) bond motifs is 1. The molecule has 3 heterocycles. The van der Waals surface area contributed by atoms with Crippen molar-refractivity contribution in [2.45, 2.75) is 50.9 Å². The number of halogens is 4. The first-order valence-corrected chi connectivity index (χ1v) is 9.58. The number of alkyl halides is 3. The highest BCUT2D eigenvalue weighted by molar-refractivity contribution is 5.80. The van der Waals surface area contributed by atoms with Gasteiger partial charge in [-0.15, -0.1) is 0 Å². The lowest BCUT2D eigenvalue weighted by Gasteiger charge is -2.27. The van der Waals surface area contributed by atoms with Gasteiger partial charge < -0.3 is 4.90 Å². The van der Waals surface area contributed by atoms with Crippen LogP contribution in [0.15, 0.2) is 23.0 Å². The van der Waals surface area contributed by atoms with Gasteiger partial charge in [-0.05, 0) is 43.4 Å². The highest BCUT2D eigenvalue weighted by atomic mass is 19.4. The van der Waals surface area contributed by atoms with Crippen LogP contribution in [0, 0.1) is 5.82 Å². The van der Waals surface area contributed by atoms with Crippen LogP contribution in [-0.4, -0.2) is 38.2 Å². The second-order valence-corrected chi connectivity index (χ2v) is 7.48. The predicted molar refractivity (Wildman–Crippen MR) is 94.8 cm³/mol. The zero-order chi connectivity index (χ0) is 20.8. The van der Waals surface area contributed by atoms with Gasteiger partial charge in [0.1, 0.15) is 17.7 Å². The van der Waals surface area contributed by atoms with Crippen LogP contribution in [-0.2, 0) is 23.9 Å². The molecule has 1 fully saturated rings. The number of aromatic nitrogens is 3. The molecule has 1 saturated heterocycles. The maximum atomic E-state index is 13.8. The molecule has 2 aliphatic rings. The number of aryl methyl sites for hydroxylation is 1. The van der Waals surface area contributed by atoms with Crippen LogP contribution in [0.3, 0.4) is 0 Å². The summed E-state index contributed by atoms with van der Waals surface area (Å²) in [5.74, 6) is -1.01. The second-order valence-electron chi connectivity index (χ2n) is 7.48. The summed E-state index contributed by atoms with van der Waals surface area (Å²) in [6.45, 7) is 1.19. The SMILES string of the molecule is O=C(C1CCCc2nn(Cc3ccc(C(F)(F)F)c(F)c3)c(=O)n21)N1CCCC1. The van der Waals surface area contributed by atoms with Crippen molar-refractivity contribution in [2.24, 2.45) is 0 Å². The summed E-state index contributed by atoms with van der Waals surface area (Å²) < 4.78 is 54.5. The maximum Gasteiger partial charge on any atom is 0.419 e. The number of hydrogen-bond donors (Lipinski definition) is 0. The summed E-state index contributed by atoms with van der Waals surface area (Å²) in [4.78, 5) is 27.5. The predicted octanol–water partition coefficient (Wildman–Crippen LogP) is 2.75. The van der Waals surface area contributed by atoms with Crippen LogP contribution in [0.4, 0.5) is 17.6 Å². The molecule has 0 N–H and O–H groups in total. The van der Waals surface area contributed by atoms with Gasteiger partial charge in [-0.25, -0.2) is 13.9 Å². The second kappa shape index (κ2) is 7.31. The van der Waals surface area contributed by atoms with E-state index in [1.54, 1.807) is 4.90 Å². The lowest BCUT2D eigenvalue weighted by molar-refractivity contribution is -0.140. The summed E-state index contributed by atoms with van der Waals surface area (Å²) >= 11 is 0. The number of nitrogens with zero attached hydrogens (tertiary/aromatic N) is 4. The van der Waals surface area contributed by atoms with Crippen LogP contribution in [0.1, 0.15) is 48.7 Å². The van der Waals surface area contributed by atoms with Crippen molar-refractivity contribution < 1.29 is 22.4 Å². The van der Waals surface area contributed by atoms with Gasteiger partial charge in [0, 0.05) is 19.5 Å². The van der Waals surface area contributed by atoms with E-state index in [4.69, 9.17) is 0 Å². The molecule has 29 heavy (non-hydrogen) atoms. The third-order valence-electron chi connectivity index (χ3n) is 5.50. The Hall–Kier alpha value is -2.65. The van der Waals surface area contributed by atoms with Gasteiger partial charge in [-0.2, -0.15) is 18.3 Å². The van der Waals surface area contributed by atoms with E-state index in [1.807, 2.05) is 0 Å². The Morgan fingerprint density at radius 2 is 1.90 bits per heavy atom. The molecular formula is C19H20F4N4O2. The molecule has 2 aliphatic heterocycles. The average Bonchev–Trinajstić information content (AvgIpc) is 3.29. The molecule has 0 radical (unpaired) electrons. The van der Waals surface area contributed by atoms with Crippen molar-refractivity contribution in [3.63, 3.8) is 0 Å². The van der Waals surface area contributed by atoms with Gasteiger partial charge in [0.2, 0.25) is 5.91 Å². The fraction of sp³-hybridized carbons (Fsp3) is 0.526. The number of rotatable bonds is 3. The quantitative estimate of drug-likeness (QED) is 0.729. The fourth-order valence-electron chi connectivity index (χ4n) is 4.08. The molecule has 1 unspecified atom stereocenters. The van der Waals surface area contributed by atoms with Gasteiger partial charge >= 0.3 is 11.9 Å². The highest BCUT2D eigenvalue weighted by Gasteiger charge is 2.35. The van der Waals surface area contributed by atoms with Gasteiger partial charge in [-0.1, -0.05) is 6.07 Å². The topological polar surface area (TPSA) is 60.1 Å². The summed E-state index contributed by atoms with van der Waals surface area (Å²) in [5.41, 5.74) is -1.66. The van der Waals surface area contributed by atoms with E-state index in [0.29, 0.717) is 37.8 Å². The van der Waals surface area contributed by atoms with E-state index in [2.05, 4.69) is 5.10 Å². The third kappa shape index (κ3) is 3.67. The molecule has 0 aliphatic carbocycles. The fourth-order valence-corrected chi connectivity index (χ4v) is 4.08. The molecule has 10 heteroatoms. The first-order chi connectivity index (χ1) is 13.8. The highest BCUT2D eigenvalue weighted by Crippen LogP contribution is 2.31. The molecule has 6 nitrogen and oxygen atoms in total. The van der Waals surface area contributed by atoms with Crippen molar-refractivity contribution >= 4 is 5.91 Å². The molecule has 2 aromatic rings. The number of carbonyl (C=O) groups is 1. The number of amides is 1. The van der Waals surface area contributed by atoms with Crippen molar-refractivity contribution in [1.82, 2.24) is 19.2 Å². The molecule has 4 rings (SSSR count). The molecule has 1 aromatic carbocycles. The summed E-state index contributed by atoms with van der Waals surface area (Å²) in [7, 11) is 0. The number of likely N-dealkylation sites (tertiary alicyclic amines) is 1. The van der Waals surface area contributed by atoms with Gasteiger partial charge in [0.15, 0.2) is 0 Å². The van der Waals surface area contributed by atoms with E-state index in [-0.39, 0.29) is 18.0 Å². The Kier molecular flexibility index (Phi) is 4.95. The van der Waals surface area contributed by atoms with E-state index in [9.17, 15) is 27.2 Å². The molecule has 1 amide bonds. The Labute approximate surface area is 163 Å². The normalized spacial score (nSPS) is 19.4. The van der Waals surface area contributed by atoms with Gasteiger partial charge in [-0.3, -0.25) is 9.36 Å². The summed E-state index contributed by atoms with van der Waals surface area (Å²) in [6, 6.07) is 1.94. The number of hydrogen-bond acceptors (Lipinski definition) is 3. The minimum atomic E-state index is -4.78. The zero-order valence-electron chi connectivity index (χ0n) is 15.6. The van der Waals surface area contributed by atoms with Crippen molar-refractivity contribution in [3.05, 3.63) is 51.5 Å². The largest absolute Gasteiger partial charge is 0.419 e. The van der Waals surface area contributed by atoms with Crippen LogP contribution < -0.4 is 5.69 Å². The maximum absolute atomic E-state index is 13.8. The van der Waals surface area contributed by atoms with Crippen LogP contribution in [0.5, 0.6) is 0 Å². The van der Waals surface area contributed by atoms with Crippen LogP contribution in [0.2, 0.25) is 0 Å². The summed E-state index contributed by atoms with van der Waals surface area (Å²) in [6.07, 6.45) is -1.10. The molecular weight excluding hydrogens is 392 g/mol. The van der Waals surface area contributed by atoms with Crippen molar-refractivity contribution in [3.8, 4) is 0 Å². The van der Waals surface area contributed by atoms with Crippen molar-refractivity contribution in [1.29, 1.82) is 0 Å². The molecule has 0 bridgehead atoms. The van der Waals surface area contributed by atoms with E-state index >= 15 is 0 Å². The Balaban J connectivity index is 1.62. The first-order valence-electron chi connectivity index (χ1n) is 9.58. The van der Waals surface area contributed by atoms with Crippen molar-refractivity contribution in [2.75, 3.05) is 13.1 Å². The van der Waals surface area contributed by atoms with Gasteiger partial charge in [0.25, 0.3) is 0 Å². The standard InChI is InChI=1S/C19H20F4N4O2/c20-14-10-12(6-7-13(14)19(21,22)23)11-26-18(29)27-15(4-3-5-16(27)24-26)17(28)25-8-1-2-9-25/h6-7,10,15H,1-5,8-9,11H2. The lowest BCUT2D eigenvalue weighted by Crippen LogP contribution is -2.41. The average molecular weight is 412 g/mol. The first kappa shape index (κ1) is 19.7. The monoisotopic (exact) mass is 412 g/mol. The summed E-state index contributed by atoms with van der Waals surface area (Å²) in [5, 5.41) is 4.26. The molecule has 156 valence electrons. The number of carbonyl (C=O) groups excluding carboxylic acids is 1. The Morgan fingerprint density at radius 1 is 1.17 bits per heavy atom. The molecule has 1 aromatic heterocycles. The minimum absolute atomic E-state index is 0.0920. The Morgan fingerprint density at radius 3 is 2.55 bits per heavy atom. The number of benzene rings is 1. The smallest absolute Gasteiger partial charge is 0.341 e. The van der Waals surface area contributed by atoms with Crippen LogP contribution >= 0.6 is 0 Å². The lowest BCUT2D eigenvalue weighted by atomic mass is 10.0. The van der Waals surface area contributed by atoms with Crippen LogP contribution in [0.25, 0.3) is 0 Å². The molecule has 0 saturated carbocycles. The Bertz CT molecular complexity index is 989. The molecule has 1 atom stereocenters. The van der Waals surface area contributed by atoms with E-state index in [1.165, 1.54) is 4.57 Å². The van der Waals surface area contributed by atoms with Gasteiger partial charge in [0.05, 0.1) is 12.1 Å². The van der Waals surface area contributed by atoms with E-state index in [0.717, 1.165) is 36.1 Å². The zero-order valence-corrected chi connectivity index (χ0v) is 15.6. The molecule has 0 spiro atoms. The minimum Gasteiger partial charge on any atom is -0.341 e. The van der Waals surface area contributed by atoms with E-state index < -0.39 is 29.3 Å².